The summed E-state index contributed by atoms with van der Waals surface area (Å²) >= 11 is 0. The second-order valence-corrected chi connectivity index (χ2v) is 14.0. The lowest BCUT2D eigenvalue weighted by Gasteiger charge is -2.29. The average molecular weight is 691 g/mol. The molecule has 4 aromatic rings. The fourth-order valence-corrected chi connectivity index (χ4v) is 6.68. The number of carbonyl (C=O) groups is 1. The van der Waals surface area contributed by atoms with Crippen molar-refractivity contribution < 1.29 is 24.5 Å². The summed E-state index contributed by atoms with van der Waals surface area (Å²) in [6.45, 7) is 12.3. The van der Waals surface area contributed by atoms with Crippen LogP contribution in [0.15, 0.2) is 97.1 Å². The van der Waals surface area contributed by atoms with E-state index in [9.17, 15) is 15.0 Å². The Bertz CT molecular complexity index is 1680. The van der Waals surface area contributed by atoms with Gasteiger partial charge in [0.05, 0.1) is 26.4 Å². The first kappa shape index (κ1) is 39.6. The van der Waals surface area contributed by atoms with Gasteiger partial charge < -0.3 is 19.7 Å². The molecule has 0 aliphatic rings. The number of aliphatic hydroxyl groups excluding tert-OH is 2. The molecule has 4 aromatic carbocycles. The van der Waals surface area contributed by atoms with E-state index >= 15 is 0 Å². The molecule has 4 rings (SSSR count). The molecule has 5 heteroatoms. The van der Waals surface area contributed by atoms with Crippen molar-refractivity contribution in [1.29, 1.82) is 0 Å². The Hall–Kier alpha value is -4.19. The first-order valence-corrected chi connectivity index (χ1v) is 18.9. The van der Waals surface area contributed by atoms with E-state index in [4.69, 9.17) is 9.47 Å². The van der Waals surface area contributed by atoms with Crippen molar-refractivity contribution in [3.63, 3.8) is 0 Å². The normalized spacial score (nSPS) is 11.4. The molecule has 5 nitrogen and oxygen atoms in total. The molecule has 0 aliphatic carbocycles. The second-order valence-electron chi connectivity index (χ2n) is 14.0. The Balaban J connectivity index is 1.53. The molecule has 272 valence electrons. The Morgan fingerprint density at radius 2 is 1.27 bits per heavy atom. The minimum atomic E-state index is -0.553. The Morgan fingerprint density at radius 3 is 1.88 bits per heavy atom. The molecule has 0 fully saturated rings. The number of carbonyl (C=O) groups excluding carboxylic acids is 1. The van der Waals surface area contributed by atoms with Crippen molar-refractivity contribution in [2.45, 2.75) is 91.9 Å². The van der Waals surface area contributed by atoms with Crippen LogP contribution in [0.2, 0.25) is 0 Å². The van der Waals surface area contributed by atoms with E-state index in [-0.39, 0.29) is 19.2 Å². The van der Waals surface area contributed by atoms with Crippen LogP contribution in [0.5, 0.6) is 5.75 Å². The fourth-order valence-electron chi connectivity index (χ4n) is 6.68. The molecule has 0 atom stereocenters. The molecule has 51 heavy (non-hydrogen) atoms. The number of hydrogen-bond donors (Lipinski definition) is 2. The summed E-state index contributed by atoms with van der Waals surface area (Å²) in [4.78, 5) is 11.9. The molecular weight excluding hydrogens is 633 g/mol. The molecule has 2 N–H and O–H groups in total. The molecule has 0 radical (unpaired) electrons. The zero-order valence-corrected chi connectivity index (χ0v) is 31.3. The van der Waals surface area contributed by atoms with Crippen LogP contribution in [-0.2, 0) is 28.8 Å². The summed E-state index contributed by atoms with van der Waals surface area (Å²) in [5, 5.41) is 20.0. The van der Waals surface area contributed by atoms with Crippen LogP contribution in [0.25, 0.3) is 33.4 Å². The zero-order chi connectivity index (χ0) is 36.6. The lowest BCUT2D eigenvalue weighted by molar-refractivity contribution is -0.139. The monoisotopic (exact) mass is 690 g/mol. The lowest BCUT2D eigenvalue weighted by Crippen LogP contribution is -2.31. The van der Waals surface area contributed by atoms with Crippen molar-refractivity contribution in [2.24, 2.45) is 5.41 Å². The van der Waals surface area contributed by atoms with E-state index in [0.29, 0.717) is 38.0 Å². The van der Waals surface area contributed by atoms with Gasteiger partial charge in [-0.2, -0.15) is 0 Å². The quantitative estimate of drug-likeness (QED) is 0.0517. The van der Waals surface area contributed by atoms with Crippen LogP contribution < -0.4 is 4.74 Å². The van der Waals surface area contributed by atoms with Gasteiger partial charge in [0.15, 0.2) is 0 Å². The third-order valence-corrected chi connectivity index (χ3v) is 9.95. The van der Waals surface area contributed by atoms with Gasteiger partial charge in [-0.15, -0.1) is 0 Å². The highest BCUT2D eigenvalue weighted by atomic mass is 16.5. The fraction of sp³-hybridized carbons (Fsp3) is 0.413. The highest BCUT2D eigenvalue weighted by Gasteiger charge is 2.28. The molecule has 0 aliphatic heterocycles. The molecule has 0 unspecified atom stereocenters. The number of benzene rings is 4. The SMILES string of the molecule is C=C(C)C(=O)OCCCc1cc(-c2ccc(-c3ccc(-c4ccc(CCCCC)cc4)cc3)cc2CC)ccc1OCCC(CO)(CO)CCC. The Labute approximate surface area is 306 Å². The van der Waals surface area contributed by atoms with Gasteiger partial charge in [-0.3, -0.25) is 0 Å². The van der Waals surface area contributed by atoms with E-state index in [1.807, 2.05) is 6.07 Å². The predicted octanol–water partition coefficient (Wildman–Crippen LogP) is 10.6. The van der Waals surface area contributed by atoms with E-state index < -0.39 is 5.41 Å². The summed E-state index contributed by atoms with van der Waals surface area (Å²) in [5.74, 6) is 0.391. The second kappa shape index (κ2) is 20.0. The lowest BCUT2D eigenvalue weighted by atomic mass is 9.82. The van der Waals surface area contributed by atoms with Gasteiger partial charge in [0.25, 0.3) is 0 Å². The number of hydrogen-bond acceptors (Lipinski definition) is 5. The third-order valence-electron chi connectivity index (χ3n) is 9.95. The van der Waals surface area contributed by atoms with Crippen LogP contribution >= 0.6 is 0 Å². The molecular formula is C46H58O5. The maximum atomic E-state index is 11.9. The molecule has 0 saturated carbocycles. The number of rotatable bonds is 21. The van der Waals surface area contributed by atoms with Gasteiger partial charge in [-0.1, -0.05) is 119 Å². The molecule has 0 spiro atoms. The summed E-state index contributed by atoms with van der Waals surface area (Å²) in [6, 6.07) is 30.9. The van der Waals surface area contributed by atoms with E-state index in [0.717, 1.165) is 42.6 Å². The minimum Gasteiger partial charge on any atom is -0.493 e. The Morgan fingerprint density at radius 1 is 0.667 bits per heavy atom. The maximum absolute atomic E-state index is 11.9. The van der Waals surface area contributed by atoms with Crippen LogP contribution in [0, 0.1) is 5.41 Å². The van der Waals surface area contributed by atoms with Gasteiger partial charge in [-0.05, 0) is 114 Å². The number of unbranched alkanes of at least 4 members (excludes halogenated alkanes) is 2. The molecule has 0 amide bonds. The first-order chi connectivity index (χ1) is 24.8. The highest BCUT2D eigenvalue weighted by Crippen LogP contribution is 2.35. The first-order valence-electron chi connectivity index (χ1n) is 18.9. The standard InChI is InChI=1S/C46H58O5/c1-6-9-10-12-35-14-16-37(17-15-35)38-18-20-39(21-19-38)40-22-24-43(36(8-3)30-40)41-23-25-44(50-29-27-46(32-47,33-48)26-7-2)42(31-41)13-11-28-51-45(49)34(4)5/h14-25,30-31,47-48H,4,6-13,26-29,32-33H2,1-3,5H3. The van der Waals surface area contributed by atoms with Gasteiger partial charge in [0.2, 0.25) is 0 Å². The summed E-state index contributed by atoms with van der Waals surface area (Å²) in [5.41, 5.74) is 10.7. The molecule has 0 bridgehead atoms. The van der Waals surface area contributed by atoms with Crippen molar-refractivity contribution >= 4 is 5.97 Å². The van der Waals surface area contributed by atoms with E-state index in [1.54, 1.807) is 6.92 Å². The summed E-state index contributed by atoms with van der Waals surface area (Å²) < 4.78 is 11.7. The van der Waals surface area contributed by atoms with Gasteiger partial charge in [0.1, 0.15) is 5.75 Å². The van der Waals surface area contributed by atoms with Crippen LogP contribution in [0.3, 0.4) is 0 Å². The van der Waals surface area contributed by atoms with Gasteiger partial charge in [-0.25, -0.2) is 4.79 Å². The number of esters is 1. The largest absolute Gasteiger partial charge is 0.493 e. The number of aryl methyl sites for hydroxylation is 3. The van der Waals surface area contributed by atoms with Gasteiger partial charge in [0, 0.05) is 11.0 Å². The number of aliphatic hydroxyl groups is 2. The van der Waals surface area contributed by atoms with Crippen LogP contribution in [0.1, 0.15) is 89.3 Å². The average Bonchev–Trinajstić information content (AvgIpc) is 3.16. The van der Waals surface area contributed by atoms with E-state index in [1.165, 1.54) is 58.2 Å². The van der Waals surface area contributed by atoms with Crippen molar-refractivity contribution in [1.82, 2.24) is 0 Å². The van der Waals surface area contributed by atoms with Gasteiger partial charge >= 0.3 is 5.97 Å². The Kier molecular flexibility index (Phi) is 15.5. The maximum Gasteiger partial charge on any atom is 0.333 e. The third kappa shape index (κ3) is 11.1. The predicted molar refractivity (Wildman–Crippen MR) is 211 cm³/mol. The van der Waals surface area contributed by atoms with E-state index in [2.05, 4.69) is 106 Å². The topological polar surface area (TPSA) is 76.0 Å². The smallest absolute Gasteiger partial charge is 0.333 e. The molecule has 0 aromatic heterocycles. The zero-order valence-electron chi connectivity index (χ0n) is 31.3. The number of ether oxygens (including phenoxy) is 2. The summed E-state index contributed by atoms with van der Waals surface area (Å²) in [7, 11) is 0. The van der Waals surface area contributed by atoms with Crippen molar-refractivity contribution in [2.75, 3.05) is 26.4 Å². The van der Waals surface area contributed by atoms with Crippen molar-refractivity contribution in [3.05, 3.63) is 114 Å². The minimum absolute atomic E-state index is 0.0758. The highest BCUT2D eigenvalue weighted by molar-refractivity contribution is 5.86. The van der Waals surface area contributed by atoms with Crippen molar-refractivity contribution in [3.8, 4) is 39.1 Å². The molecule has 0 heterocycles. The summed E-state index contributed by atoms with van der Waals surface area (Å²) in [6.07, 6.45) is 9.28. The van der Waals surface area contributed by atoms with Crippen LogP contribution in [0.4, 0.5) is 0 Å². The van der Waals surface area contributed by atoms with Crippen LogP contribution in [-0.4, -0.2) is 42.6 Å². The molecule has 0 saturated heterocycles.